The normalized spacial score (nSPS) is 15.1. The molecule has 7 heteroatoms. The zero-order chi connectivity index (χ0) is 29.1. The highest BCUT2D eigenvalue weighted by Crippen LogP contribution is 2.32. The van der Waals surface area contributed by atoms with Crippen LogP contribution < -0.4 is 4.90 Å². The first-order valence-electron chi connectivity index (χ1n) is 14.2. The number of carbonyl (C=O) groups excluding carboxylic acids is 1. The second-order valence-corrected chi connectivity index (χ2v) is 11.7. The summed E-state index contributed by atoms with van der Waals surface area (Å²) in [6.45, 7) is 7.32. The van der Waals surface area contributed by atoms with Gasteiger partial charge in [0.05, 0.1) is 10.2 Å². The first kappa shape index (κ1) is 27.5. The van der Waals surface area contributed by atoms with E-state index in [0.29, 0.717) is 12.4 Å². The summed E-state index contributed by atoms with van der Waals surface area (Å²) in [6, 6.07) is 23.1. The molecular formula is C35H33N5OS. The van der Waals surface area contributed by atoms with E-state index in [4.69, 9.17) is 9.98 Å². The summed E-state index contributed by atoms with van der Waals surface area (Å²) >= 11 is 1.75. The number of rotatable bonds is 8. The number of hydrogen-bond acceptors (Lipinski definition) is 5. The molecule has 0 fully saturated rings. The highest BCUT2D eigenvalue weighted by molar-refractivity contribution is 7.21. The summed E-state index contributed by atoms with van der Waals surface area (Å²) < 4.78 is 1.23. The van der Waals surface area contributed by atoms with Gasteiger partial charge in [-0.1, -0.05) is 43.0 Å². The van der Waals surface area contributed by atoms with Crippen LogP contribution in [0.5, 0.6) is 0 Å². The van der Waals surface area contributed by atoms with Gasteiger partial charge in [0.1, 0.15) is 10.8 Å². The topological polar surface area (TPSA) is 61.2 Å². The SMILES string of the molecule is C=CC(=O)/N=C1\N=C2C=CC(CCCCN(C)c3ccc(-c4nc5ccc(C)cc5s4)cc3)=CN2Cc2ccccc21. The number of allylic oxidation sites excluding steroid dienone is 2. The Morgan fingerprint density at radius 2 is 1.93 bits per heavy atom. The fourth-order valence-electron chi connectivity index (χ4n) is 5.25. The van der Waals surface area contributed by atoms with Gasteiger partial charge in [-0.25, -0.2) is 9.98 Å². The van der Waals surface area contributed by atoms with E-state index < -0.39 is 5.91 Å². The van der Waals surface area contributed by atoms with Gasteiger partial charge in [-0.2, -0.15) is 4.99 Å². The van der Waals surface area contributed by atoms with Crippen molar-refractivity contribution >= 4 is 44.8 Å². The second kappa shape index (κ2) is 12.1. The minimum absolute atomic E-state index is 0.391. The molecule has 2 aliphatic rings. The minimum Gasteiger partial charge on any atom is -0.375 e. The van der Waals surface area contributed by atoms with E-state index in [1.807, 2.05) is 24.3 Å². The second-order valence-electron chi connectivity index (χ2n) is 10.7. The number of carbonyl (C=O) groups is 1. The zero-order valence-corrected chi connectivity index (χ0v) is 24.8. The number of fused-ring (bicyclic) bond motifs is 3. The Bertz CT molecular complexity index is 1780. The molecule has 3 aromatic carbocycles. The van der Waals surface area contributed by atoms with Gasteiger partial charge < -0.3 is 9.80 Å². The highest BCUT2D eigenvalue weighted by Gasteiger charge is 2.21. The van der Waals surface area contributed by atoms with Crippen molar-refractivity contribution in [3.63, 3.8) is 0 Å². The van der Waals surface area contributed by atoms with Crippen LogP contribution in [-0.2, 0) is 11.3 Å². The van der Waals surface area contributed by atoms with Crippen molar-refractivity contribution in [3.05, 3.63) is 120 Å². The van der Waals surface area contributed by atoms with E-state index in [-0.39, 0.29) is 0 Å². The van der Waals surface area contributed by atoms with Crippen molar-refractivity contribution in [3.8, 4) is 10.6 Å². The number of aryl methyl sites for hydroxylation is 1. The number of amides is 1. The lowest BCUT2D eigenvalue weighted by Gasteiger charge is -2.24. The smallest absolute Gasteiger partial charge is 0.271 e. The fraction of sp³-hybridized carbons (Fsp3) is 0.200. The number of aliphatic imine (C=N–C) groups is 2. The predicted molar refractivity (Wildman–Crippen MR) is 175 cm³/mol. The molecule has 0 atom stereocenters. The van der Waals surface area contributed by atoms with Crippen molar-refractivity contribution in [1.82, 2.24) is 9.88 Å². The third-order valence-corrected chi connectivity index (χ3v) is 8.65. The van der Waals surface area contributed by atoms with Crippen LogP contribution >= 0.6 is 11.3 Å². The Morgan fingerprint density at radius 1 is 1.10 bits per heavy atom. The van der Waals surface area contributed by atoms with Crippen molar-refractivity contribution in [2.75, 3.05) is 18.5 Å². The maximum atomic E-state index is 12.0. The Balaban J connectivity index is 1.05. The van der Waals surface area contributed by atoms with Crippen molar-refractivity contribution in [1.29, 1.82) is 0 Å². The molecule has 0 aliphatic carbocycles. The lowest BCUT2D eigenvalue weighted by molar-refractivity contribution is -0.113. The average Bonchev–Trinajstić information content (AvgIpc) is 3.36. The summed E-state index contributed by atoms with van der Waals surface area (Å²) in [6.07, 6.45) is 10.7. The molecule has 1 aromatic heterocycles. The van der Waals surface area contributed by atoms with E-state index in [9.17, 15) is 4.79 Å². The molecule has 6 nitrogen and oxygen atoms in total. The molecule has 210 valence electrons. The molecule has 0 spiro atoms. The number of thiazole rings is 1. The number of aromatic nitrogens is 1. The van der Waals surface area contributed by atoms with Gasteiger partial charge in [0.15, 0.2) is 5.84 Å². The standard InChI is InChI=1S/C35H33N5OS/c1-4-33(41)38-34-29-11-6-5-10-27(29)23-40-22-25(13-19-32(40)37-34)9-7-8-20-39(3)28-16-14-26(15-17-28)35-36-30-18-12-24(2)21-31(30)42-35/h4-6,10-19,21-22H,1,7-9,20,23H2,2-3H3/b38-34-. The van der Waals surface area contributed by atoms with Crippen LogP contribution in [0.2, 0.25) is 0 Å². The van der Waals surface area contributed by atoms with Crippen molar-refractivity contribution in [2.45, 2.75) is 32.7 Å². The van der Waals surface area contributed by atoms with E-state index in [1.54, 1.807) is 11.3 Å². The maximum absolute atomic E-state index is 12.0. The molecule has 42 heavy (non-hydrogen) atoms. The third-order valence-electron chi connectivity index (χ3n) is 7.58. The number of benzene rings is 3. The molecule has 0 N–H and O–H groups in total. The first-order chi connectivity index (χ1) is 20.5. The molecule has 0 bridgehead atoms. The van der Waals surface area contributed by atoms with Gasteiger partial charge in [-0.05, 0) is 91.4 Å². The Kier molecular flexibility index (Phi) is 7.93. The number of anilines is 1. The van der Waals surface area contributed by atoms with Crippen molar-refractivity contribution in [2.24, 2.45) is 9.98 Å². The summed E-state index contributed by atoms with van der Waals surface area (Å²) in [4.78, 5) is 30.2. The Labute approximate surface area is 250 Å². The molecule has 0 radical (unpaired) electrons. The quantitative estimate of drug-likeness (QED) is 0.161. The lowest BCUT2D eigenvalue weighted by Crippen LogP contribution is -2.25. The molecule has 2 aliphatic heterocycles. The van der Waals surface area contributed by atoms with Gasteiger partial charge >= 0.3 is 0 Å². The molecule has 0 saturated heterocycles. The van der Waals surface area contributed by atoms with Crippen LogP contribution in [0.25, 0.3) is 20.8 Å². The number of nitrogens with zero attached hydrogens (tertiary/aromatic N) is 5. The van der Waals surface area contributed by atoms with Gasteiger partial charge in [-0.3, -0.25) is 4.79 Å². The van der Waals surface area contributed by atoms with Crippen LogP contribution in [0, 0.1) is 6.92 Å². The van der Waals surface area contributed by atoms with Crippen LogP contribution in [0.15, 0.2) is 113 Å². The molecule has 0 saturated carbocycles. The van der Waals surface area contributed by atoms with Crippen LogP contribution in [0.3, 0.4) is 0 Å². The van der Waals surface area contributed by atoms with Crippen LogP contribution in [-0.4, -0.2) is 41.1 Å². The van der Waals surface area contributed by atoms with E-state index in [1.165, 1.54) is 27.6 Å². The number of amidine groups is 2. The minimum atomic E-state index is -0.391. The number of unbranched alkanes of at least 4 members (excludes halogenated alkanes) is 1. The lowest BCUT2D eigenvalue weighted by atomic mass is 10.0. The van der Waals surface area contributed by atoms with Gasteiger partial charge in [-0.15, -0.1) is 11.3 Å². The molecule has 6 rings (SSSR count). The first-order valence-corrected chi connectivity index (χ1v) is 15.0. The van der Waals surface area contributed by atoms with Crippen LogP contribution in [0.4, 0.5) is 5.69 Å². The molecular weight excluding hydrogens is 538 g/mol. The predicted octanol–water partition coefficient (Wildman–Crippen LogP) is 7.71. The summed E-state index contributed by atoms with van der Waals surface area (Å²) in [5.41, 5.74) is 7.93. The van der Waals surface area contributed by atoms with E-state index >= 15 is 0 Å². The van der Waals surface area contributed by atoms with Crippen LogP contribution in [0.1, 0.15) is 36.0 Å². The summed E-state index contributed by atoms with van der Waals surface area (Å²) in [7, 11) is 2.16. The number of hydrogen-bond donors (Lipinski definition) is 0. The van der Waals surface area contributed by atoms with Crippen molar-refractivity contribution < 1.29 is 4.79 Å². The Hall–Kier alpha value is -4.62. The third kappa shape index (κ3) is 6.02. The Morgan fingerprint density at radius 3 is 2.76 bits per heavy atom. The molecule has 0 unspecified atom stereocenters. The summed E-state index contributed by atoms with van der Waals surface area (Å²) in [5, 5.41) is 1.06. The zero-order valence-electron chi connectivity index (χ0n) is 24.0. The molecule has 4 aromatic rings. The fourth-order valence-corrected chi connectivity index (χ4v) is 6.32. The van der Waals surface area contributed by atoms with E-state index in [0.717, 1.165) is 58.9 Å². The largest absolute Gasteiger partial charge is 0.375 e. The van der Waals surface area contributed by atoms with E-state index in [2.05, 4.69) is 96.1 Å². The molecule has 1 amide bonds. The van der Waals surface area contributed by atoms with Gasteiger partial charge in [0.25, 0.3) is 5.91 Å². The van der Waals surface area contributed by atoms with Gasteiger partial charge in [0, 0.05) is 43.2 Å². The monoisotopic (exact) mass is 571 g/mol. The average molecular weight is 572 g/mol. The molecule has 3 heterocycles. The van der Waals surface area contributed by atoms with Gasteiger partial charge in [0.2, 0.25) is 0 Å². The summed E-state index contributed by atoms with van der Waals surface area (Å²) in [5.74, 6) is 0.827. The maximum Gasteiger partial charge on any atom is 0.271 e. The highest BCUT2D eigenvalue weighted by atomic mass is 32.1.